The van der Waals surface area contributed by atoms with Crippen molar-refractivity contribution in [2.24, 2.45) is 0 Å². The minimum absolute atomic E-state index is 0.855. The van der Waals surface area contributed by atoms with Gasteiger partial charge in [-0.25, -0.2) is 0 Å². The SMILES string of the molecule is Cc1cc(-c2ccccc2)ccc1N(c1ccc(-c2ccccc2)c(-c2ccccc2)c1)c1ccc(-c2ccc(-n3c4ccccc4c4ccccc43)cc2)c2oc3ccccc3c12. The van der Waals surface area contributed by atoms with Crippen molar-refractivity contribution in [3.05, 3.63) is 242 Å². The lowest BCUT2D eigenvalue weighted by Gasteiger charge is -2.29. The zero-order valence-corrected chi connectivity index (χ0v) is 35.3. The Morgan fingerprint density at radius 3 is 1.55 bits per heavy atom. The maximum absolute atomic E-state index is 6.96. The number of fused-ring (bicyclic) bond motifs is 6. The van der Waals surface area contributed by atoms with Gasteiger partial charge in [0.2, 0.25) is 0 Å². The minimum Gasteiger partial charge on any atom is -0.455 e. The fraction of sp³-hybridized carbons (Fsp3) is 0.0164. The summed E-state index contributed by atoms with van der Waals surface area (Å²) in [6.45, 7) is 2.23. The largest absolute Gasteiger partial charge is 0.455 e. The summed E-state index contributed by atoms with van der Waals surface area (Å²) < 4.78 is 9.33. The second kappa shape index (κ2) is 15.5. The molecule has 0 aliphatic heterocycles. The van der Waals surface area contributed by atoms with Crippen LogP contribution in [0.4, 0.5) is 17.1 Å². The van der Waals surface area contributed by atoms with Crippen molar-refractivity contribution in [3.8, 4) is 50.2 Å². The first-order valence-electron chi connectivity index (χ1n) is 21.9. The Bertz CT molecular complexity index is 3610. The summed E-state index contributed by atoms with van der Waals surface area (Å²) in [4.78, 5) is 2.44. The van der Waals surface area contributed by atoms with Crippen LogP contribution in [-0.4, -0.2) is 4.57 Å². The third-order valence-corrected chi connectivity index (χ3v) is 12.7. The van der Waals surface area contributed by atoms with Gasteiger partial charge in [0, 0.05) is 38.8 Å². The highest BCUT2D eigenvalue weighted by Gasteiger charge is 2.25. The highest BCUT2D eigenvalue weighted by atomic mass is 16.3. The molecule has 0 unspecified atom stereocenters. The molecule has 0 saturated heterocycles. The number of benzene rings is 10. The molecular formula is C61H42N2O. The summed E-state index contributed by atoms with van der Waals surface area (Å²) in [5, 5.41) is 4.65. The molecule has 0 radical (unpaired) electrons. The van der Waals surface area contributed by atoms with Crippen molar-refractivity contribution in [1.82, 2.24) is 4.57 Å². The van der Waals surface area contributed by atoms with Gasteiger partial charge in [-0.3, -0.25) is 0 Å². The van der Waals surface area contributed by atoms with Gasteiger partial charge in [0.05, 0.1) is 22.1 Å². The summed E-state index contributed by atoms with van der Waals surface area (Å²) in [5.74, 6) is 0. The molecule has 3 nitrogen and oxygen atoms in total. The van der Waals surface area contributed by atoms with Gasteiger partial charge in [-0.1, -0.05) is 170 Å². The first-order valence-corrected chi connectivity index (χ1v) is 21.9. The average Bonchev–Trinajstić information content (AvgIpc) is 3.92. The van der Waals surface area contributed by atoms with E-state index in [0.717, 1.165) is 61.4 Å². The number of hydrogen-bond acceptors (Lipinski definition) is 2. The van der Waals surface area contributed by atoms with Crippen LogP contribution in [0.1, 0.15) is 5.56 Å². The number of hydrogen-bond donors (Lipinski definition) is 0. The van der Waals surface area contributed by atoms with Gasteiger partial charge in [-0.05, 0) is 118 Å². The lowest BCUT2D eigenvalue weighted by Crippen LogP contribution is -2.12. The molecule has 64 heavy (non-hydrogen) atoms. The minimum atomic E-state index is 0.855. The van der Waals surface area contributed by atoms with Gasteiger partial charge in [0.25, 0.3) is 0 Å². The molecular weight excluding hydrogens is 777 g/mol. The van der Waals surface area contributed by atoms with E-state index < -0.39 is 0 Å². The molecule has 0 atom stereocenters. The molecule has 302 valence electrons. The van der Waals surface area contributed by atoms with Crippen LogP contribution >= 0.6 is 0 Å². The Labute approximate surface area is 372 Å². The van der Waals surface area contributed by atoms with Gasteiger partial charge >= 0.3 is 0 Å². The van der Waals surface area contributed by atoms with E-state index in [1.54, 1.807) is 0 Å². The number of anilines is 3. The number of aryl methyl sites for hydroxylation is 1. The van der Waals surface area contributed by atoms with E-state index in [-0.39, 0.29) is 0 Å². The smallest absolute Gasteiger partial charge is 0.145 e. The molecule has 0 aliphatic carbocycles. The molecule has 2 heterocycles. The number of aromatic nitrogens is 1. The fourth-order valence-electron chi connectivity index (χ4n) is 9.74. The van der Waals surface area contributed by atoms with Gasteiger partial charge in [-0.15, -0.1) is 0 Å². The second-order valence-corrected chi connectivity index (χ2v) is 16.5. The van der Waals surface area contributed by atoms with E-state index in [9.17, 15) is 0 Å². The Morgan fingerprint density at radius 1 is 0.375 bits per heavy atom. The summed E-state index contributed by atoms with van der Waals surface area (Å²) >= 11 is 0. The van der Waals surface area contributed by atoms with Crippen molar-refractivity contribution in [2.75, 3.05) is 4.90 Å². The second-order valence-electron chi connectivity index (χ2n) is 16.5. The van der Waals surface area contributed by atoms with Crippen LogP contribution in [0, 0.1) is 6.92 Å². The third kappa shape index (κ3) is 6.29. The van der Waals surface area contributed by atoms with Crippen molar-refractivity contribution >= 4 is 60.8 Å². The van der Waals surface area contributed by atoms with Crippen LogP contribution in [0.25, 0.3) is 93.9 Å². The van der Waals surface area contributed by atoms with Crippen LogP contribution < -0.4 is 4.90 Å². The Kier molecular flexibility index (Phi) is 9.05. The molecule has 0 aliphatic rings. The van der Waals surface area contributed by atoms with Crippen molar-refractivity contribution < 1.29 is 4.42 Å². The summed E-state index contributed by atoms with van der Waals surface area (Å²) in [7, 11) is 0. The van der Waals surface area contributed by atoms with Crippen LogP contribution in [0.2, 0.25) is 0 Å². The molecule has 0 spiro atoms. The summed E-state index contributed by atoms with van der Waals surface area (Å²) in [6, 6.07) is 85.1. The summed E-state index contributed by atoms with van der Waals surface area (Å²) in [5.41, 5.74) is 18.8. The molecule has 0 fully saturated rings. The number of furan rings is 1. The number of nitrogens with zero attached hydrogens (tertiary/aromatic N) is 2. The molecule has 0 N–H and O–H groups in total. The molecule has 2 aromatic heterocycles. The quantitative estimate of drug-likeness (QED) is 0.152. The predicted molar refractivity (Wildman–Crippen MR) is 269 cm³/mol. The van der Waals surface area contributed by atoms with Crippen molar-refractivity contribution in [2.45, 2.75) is 6.92 Å². The van der Waals surface area contributed by atoms with Gasteiger partial charge in [0.15, 0.2) is 0 Å². The highest BCUT2D eigenvalue weighted by Crippen LogP contribution is 2.48. The Hall–Kier alpha value is -8.40. The normalized spacial score (nSPS) is 11.5. The standard InChI is InChI=1S/C61H42N2O/c1-41-39-46(42-17-5-2-6-18-42)31-37-55(41)63(48-34-35-49(43-19-7-3-8-20-43)54(40-48)44-21-9-4-10-22-44)58-38-36-50(61-60(58)53-25-13-16-28-59(53)64-61)45-29-32-47(33-30-45)62-56-26-14-11-23-51(56)52-24-12-15-27-57(52)62/h2-40H,1H3. The lowest BCUT2D eigenvalue weighted by molar-refractivity contribution is 0.670. The van der Waals surface area contributed by atoms with Crippen molar-refractivity contribution in [1.29, 1.82) is 0 Å². The first kappa shape index (κ1) is 37.4. The van der Waals surface area contributed by atoms with E-state index in [2.05, 4.69) is 253 Å². The van der Waals surface area contributed by atoms with E-state index in [0.29, 0.717) is 0 Å². The average molecular weight is 819 g/mol. The van der Waals surface area contributed by atoms with Crippen LogP contribution in [0.5, 0.6) is 0 Å². The monoisotopic (exact) mass is 818 g/mol. The Morgan fingerprint density at radius 2 is 0.891 bits per heavy atom. The summed E-state index contributed by atoms with van der Waals surface area (Å²) in [6.07, 6.45) is 0. The van der Waals surface area contributed by atoms with Crippen LogP contribution in [0.3, 0.4) is 0 Å². The molecule has 12 aromatic rings. The van der Waals surface area contributed by atoms with Crippen molar-refractivity contribution in [3.63, 3.8) is 0 Å². The van der Waals surface area contributed by atoms with Gasteiger partial charge in [0.1, 0.15) is 11.2 Å². The highest BCUT2D eigenvalue weighted by molar-refractivity contribution is 6.17. The number of rotatable bonds is 8. The van der Waals surface area contributed by atoms with Gasteiger partial charge in [-0.2, -0.15) is 0 Å². The zero-order chi connectivity index (χ0) is 42.6. The third-order valence-electron chi connectivity index (χ3n) is 12.7. The predicted octanol–water partition coefficient (Wildman–Crippen LogP) is 17.1. The zero-order valence-electron chi connectivity index (χ0n) is 35.3. The van der Waals surface area contributed by atoms with E-state index in [1.165, 1.54) is 55.2 Å². The fourth-order valence-corrected chi connectivity index (χ4v) is 9.74. The maximum atomic E-state index is 6.96. The van der Waals surface area contributed by atoms with Crippen LogP contribution in [0.15, 0.2) is 241 Å². The topological polar surface area (TPSA) is 21.3 Å². The molecule has 0 bridgehead atoms. The Balaban J connectivity index is 1.07. The first-order chi connectivity index (χ1) is 31.7. The lowest BCUT2D eigenvalue weighted by atomic mass is 9.93. The molecule has 12 rings (SSSR count). The van der Waals surface area contributed by atoms with E-state index >= 15 is 0 Å². The van der Waals surface area contributed by atoms with E-state index in [4.69, 9.17) is 4.42 Å². The molecule has 0 saturated carbocycles. The molecule has 10 aromatic carbocycles. The molecule has 0 amide bonds. The maximum Gasteiger partial charge on any atom is 0.145 e. The molecule has 3 heteroatoms. The number of para-hydroxylation sites is 3. The van der Waals surface area contributed by atoms with Crippen LogP contribution in [-0.2, 0) is 0 Å². The van der Waals surface area contributed by atoms with E-state index in [1.807, 2.05) is 0 Å². The van der Waals surface area contributed by atoms with Gasteiger partial charge < -0.3 is 13.9 Å².